The molecule has 0 unspecified atom stereocenters. The lowest BCUT2D eigenvalue weighted by molar-refractivity contribution is -0.176. The maximum atomic E-state index is 15.5. The zero-order valence-electron chi connectivity index (χ0n) is 20.9. The topological polar surface area (TPSA) is 104 Å². The molecule has 0 spiro atoms. The van der Waals surface area contributed by atoms with Crippen LogP contribution in [0.5, 0.6) is 5.75 Å². The summed E-state index contributed by atoms with van der Waals surface area (Å²) in [7, 11) is 1.49. The van der Waals surface area contributed by atoms with Crippen LogP contribution in [0.4, 0.5) is 23.4 Å². The second kappa shape index (κ2) is 12.3. The van der Waals surface area contributed by atoms with Crippen LogP contribution < -0.4 is 15.4 Å². The van der Waals surface area contributed by atoms with Gasteiger partial charge in [-0.1, -0.05) is 24.3 Å². The van der Waals surface area contributed by atoms with E-state index in [2.05, 4.69) is 15.7 Å². The fraction of sp³-hybridized carbons (Fsp3) is 0.346. The van der Waals surface area contributed by atoms with Crippen LogP contribution in [0.2, 0.25) is 0 Å². The molecule has 9 nitrogen and oxygen atoms in total. The Bertz CT molecular complexity index is 1330. The van der Waals surface area contributed by atoms with Gasteiger partial charge in [0.05, 0.1) is 24.8 Å². The average molecular weight is 551 g/mol. The average Bonchev–Trinajstić information content (AvgIpc) is 3.51. The molecule has 0 saturated carbocycles. The minimum absolute atomic E-state index is 0.0110. The number of nitrogens with one attached hydrogen (secondary N) is 2. The van der Waals surface area contributed by atoms with Crippen LogP contribution in [0, 0.1) is 11.7 Å². The quantitative estimate of drug-likeness (QED) is 0.278. The Morgan fingerprint density at radius 2 is 1.97 bits per heavy atom. The van der Waals surface area contributed by atoms with E-state index in [0.29, 0.717) is 16.8 Å². The molecule has 1 fully saturated rings. The molecule has 0 aliphatic carbocycles. The largest absolute Gasteiger partial charge is 0.488 e. The zero-order valence-corrected chi connectivity index (χ0v) is 20.9. The van der Waals surface area contributed by atoms with Gasteiger partial charge in [0.25, 0.3) is 0 Å². The van der Waals surface area contributed by atoms with E-state index in [1.165, 1.54) is 30.0 Å². The van der Waals surface area contributed by atoms with Crippen molar-refractivity contribution in [3.8, 4) is 22.7 Å². The van der Waals surface area contributed by atoms with Crippen LogP contribution in [0.3, 0.4) is 0 Å². The van der Waals surface area contributed by atoms with E-state index in [0.717, 1.165) is 0 Å². The third-order valence-corrected chi connectivity index (χ3v) is 5.78. The van der Waals surface area contributed by atoms with Crippen LogP contribution in [0.15, 0.2) is 48.5 Å². The summed E-state index contributed by atoms with van der Waals surface area (Å²) in [5.74, 6) is -1.92. The van der Waals surface area contributed by atoms with Crippen molar-refractivity contribution in [2.75, 3.05) is 38.8 Å². The van der Waals surface area contributed by atoms with Crippen molar-refractivity contribution in [3.05, 3.63) is 59.9 Å². The molecule has 2 amide bonds. The van der Waals surface area contributed by atoms with Crippen molar-refractivity contribution in [1.82, 2.24) is 15.1 Å². The number of rotatable bonds is 11. The first-order chi connectivity index (χ1) is 18.6. The summed E-state index contributed by atoms with van der Waals surface area (Å²) in [5, 5.41) is 9.64. The summed E-state index contributed by atoms with van der Waals surface area (Å²) in [6.07, 6.45) is -4.43. The van der Waals surface area contributed by atoms with E-state index in [1.807, 2.05) is 0 Å². The summed E-state index contributed by atoms with van der Waals surface area (Å²) in [6.45, 7) is -1.16. The number of ether oxygens (including phenoxy) is 3. The Morgan fingerprint density at radius 1 is 1.18 bits per heavy atom. The Kier molecular flexibility index (Phi) is 8.82. The number of hydrogen-bond acceptors (Lipinski definition) is 6. The molecular formula is C26H26F4N4O5. The first kappa shape index (κ1) is 28.0. The Hall–Kier alpha value is -3.97. The van der Waals surface area contributed by atoms with Gasteiger partial charge in [-0.3, -0.25) is 9.59 Å². The van der Waals surface area contributed by atoms with Crippen LogP contribution in [0.25, 0.3) is 16.9 Å². The minimum Gasteiger partial charge on any atom is -0.488 e. The molecule has 1 aromatic heterocycles. The molecule has 4 rings (SSSR count). The number of carbonyl (C=O) groups excluding carboxylic acids is 2. The first-order valence-corrected chi connectivity index (χ1v) is 12.0. The van der Waals surface area contributed by atoms with Gasteiger partial charge < -0.3 is 24.8 Å². The third kappa shape index (κ3) is 7.33. The highest BCUT2D eigenvalue weighted by Gasteiger charge is 2.29. The number of methoxy groups -OCH3 is 1. The lowest BCUT2D eigenvalue weighted by Gasteiger charge is -2.13. The molecular weight excluding hydrogens is 524 g/mol. The fourth-order valence-corrected chi connectivity index (χ4v) is 3.96. The van der Waals surface area contributed by atoms with Gasteiger partial charge in [-0.05, 0) is 23.8 Å². The van der Waals surface area contributed by atoms with E-state index < -0.39 is 30.4 Å². The molecule has 1 saturated heterocycles. The number of hydrogen-bond donors (Lipinski definition) is 2. The summed E-state index contributed by atoms with van der Waals surface area (Å²) < 4.78 is 69.5. The summed E-state index contributed by atoms with van der Waals surface area (Å²) in [5.41, 5.74) is 1.29. The van der Waals surface area contributed by atoms with E-state index in [1.54, 1.807) is 30.3 Å². The summed E-state index contributed by atoms with van der Waals surface area (Å²) >= 11 is 0. The number of amides is 2. The Balaban J connectivity index is 1.68. The molecule has 0 radical (unpaired) electrons. The fourth-order valence-electron chi connectivity index (χ4n) is 3.96. The lowest BCUT2D eigenvalue weighted by Crippen LogP contribution is -2.24. The van der Waals surface area contributed by atoms with Gasteiger partial charge in [-0.25, -0.2) is 9.07 Å². The van der Waals surface area contributed by atoms with Crippen molar-refractivity contribution in [3.63, 3.8) is 0 Å². The molecule has 2 N–H and O–H groups in total. The Morgan fingerprint density at radius 3 is 2.69 bits per heavy atom. The van der Waals surface area contributed by atoms with Crippen molar-refractivity contribution < 1.29 is 41.4 Å². The first-order valence-electron chi connectivity index (χ1n) is 12.0. The highest BCUT2D eigenvalue weighted by molar-refractivity contribution is 5.97. The molecule has 39 heavy (non-hydrogen) atoms. The second-order valence-electron chi connectivity index (χ2n) is 8.76. The maximum Gasteiger partial charge on any atom is 0.411 e. The van der Waals surface area contributed by atoms with Crippen molar-refractivity contribution in [1.29, 1.82) is 0 Å². The van der Waals surface area contributed by atoms with E-state index in [9.17, 15) is 22.8 Å². The van der Waals surface area contributed by atoms with Crippen molar-refractivity contribution >= 4 is 17.6 Å². The van der Waals surface area contributed by atoms with Gasteiger partial charge in [-0.2, -0.15) is 13.2 Å². The SMILES string of the molecule is COCCOc1cccc(-n2nc(NC(=O)[C@@H]3CNC(=O)C3)cc2-c2cccc(COCC(F)(F)F)c2)c1F. The molecule has 2 aromatic carbocycles. The van der Waals surface area contributed by atoms with Crippen molar-refractivity contribution in [2.45, 2.75) is 19.2 Å². The van der Waals surface area contributed by atoms with Crippen LogP contribution in [0.1, 0.15) is 12.0 Å². The predicted octanol–water partition coefficient (Wildman–Crippen LogP) is 3.86. The third-order valence-electron chi connectivity index (χ3n) is 5.78. The molecule has 1 atom stereocenters. The maximum absolute atomic E-state index is 15.5. The van der Waals surface area contributed by atoms with Gasteiger partial charge in [0.2, 0.25) is 11.8 Å². The van der Waals surface area contributed by atoms with E-state index >= 15 is 4.39 Å². The second-order valence-corrected chi connectivity index (χ2v) is 8.76. The number of nitrogens with zero attached hydrogens (tertiary/aromatic N) is 2. The molecule has 1 aliphatic rings. The van der Waals surface area contributed by atoms with Gasteiger partial charge >= 0.3 is 6.18 Å². The monoisotopic (exact) mass is 550 g/mol. The Labute approximate surface area is 221 Å². The summed E-state index contributed by atoms with van der Waals surface area (Å²) in [4.78, 5) is 24.2. The number of anilines is 1. The molecule has 1 aliphatic heterocycles. The number of aromatic nitrogens is 2. The summed E-state index contributed by atoms with van der Waals surface area (Å²) in [6, 6.07) is 12.5. The van der Waals surface area contributed by atoms with Crippen molar-refractivity contribution in [2.24, 2.45) is 5.92 Å². The van der Waals surface area contributed by atoms with Gasteiger partial charge in [0.1, 0.15) is 18.9 Å². The van der Waals surface area contributed by atoms with Gasteiger partial charge in [0, 0.05) is 31.7 Å². The van der Waals surface area contributed by atoms with Gasteiger partial charge in [-0.15, -0.1) is 5.10 Å². The predicted molar refractivity (Wildman–Crippen MR) is 132 cm³/mol. The smallest absolute Gasteiger partial charge is 0.411 e. The molecule has 13 heteroatoms. The number of halogens is 4. The molecule has 208 valence electrons. The van der Waals surface area contributed by atoms with Gasteiger partial charge in [0.15, 0.2) is 17.4 Å². The van der Waals surface area contributed by atoms with Crippen LogP contribution in [-0.2, 0) is 25.7 Å². The lowest BCUT2D eigenvalue weighted by atomic mass is 10.1. The standard InChI is InChI=1S/C26H26F4N4O5/c1-37-8-9-39-21-7-3-6-19(24(21)27)34-20(12-22(33-34)32-25(36)18-11-23(35)31-13-18)17-5-2-4-16(10-17)14-38-15-26(28,29)30/h2-7,10,12,18H,8-9,11,13-15H2,1H3,(H,31,35)(H,32,33,36)/t18-/m0/s1. The minimum atomic E-state index is -4.46. The zero-order chi connectivity index (χ0) is 28.0. The number of alkyl halides is 3. The molecule has 0 bridgehead atoms. The van der Waals surface area contributed by atoms with E-state index in [-0.39, 0.29) is 55.9 Å². The molecule has 2 heterocycles. The number of carbonyl (C=O) groups is 2. The normalized spacial score (nSPS) is 15.3. The van der Waals surface area contributed by atoms with E-state index in [4.69, 9.17) is 14.2 Å². The highest BCUT2D eigenvalue weighted by atomic mass is 19.4. The number of benzene rings is 2. The molecule has 3 aromatic rings. The van der Waals surface area contributed by atoms with Crippen LogP contribution in [-0.4, -0.2) is 61.2 Å². The highest BCUT2D eigenvalue weighted by Crippen LogP contribution is 2.31. The van der Waals surface area contributed by atoms with Crippen LogP contribution >= 0.6 is 0 Å².